The van der Waals surface area contributed by atoms with Crippen molar-refractivity contribution < 1.29 is 65.4 Å². The molecule has 0 N–H and O–H groups in total. The van der Waals surface area contributed by atoms with E-state index in [1.807, 2.05) is 30.3 Å². The third-order valence-corrected chi connectivity index (χ3v) is 5.13. The minimum absolute atomic E-state index is 0. The number of fused-ring (bicyclic) bond motifs is 1. The van der Waals surface area contributed by atoms with Crippen molar-refractivity contribution >= 4 is 20.9 Å². The van der Waals surface area contributed by atoms with Gasteiger partial charge in [-0.05, 0) is 17.9 Å². The van der Waals surface area contributed by atoms with Gasteiger partial charge in [0.1, 0.15) is 4.90 Å². The van der Waals surface area contributed by atoms with Gasteiger partial charge in [-0.15, -0.1) is 0 Å². The predicted molar refractivity (Wildman–Crippen MR) is 91.6 cm³/mol. The fourth-order valence-corrected chi connectivity index (χ4v) is 3.69. The van der Waals surface area contributed by atoms with E-state index in [4.69, 9.17) is 4.18 Å². The minimum atomic E-state index is -3.68. The summed E-state index contributed by atoms with van der Waals surface area (Å²) >= 11 is 0. The van der Waals surface area contributed by atoms with E-state index in [0.717, 1.165) is 24.6 Å². The molecule has 0 aliphatic carbocycles. The van der Waals surface area contributed by atoms with Crippen molar-refractivity contribution in [3.05, 3.63) is 42.5 Å². The number of unbranched alkanes of at least 4 members (excludes halogenated alkanes) is 5. The Kier molecular flexibility index (Phi) is 10.2. The summed E-state index contributed by atoms with van der Waals surface area (Å²) in [6.07, 6.45) is 6.62. The Morgan fingerprint density at radius 1 is 0.913 bits per heavy atom. The molecular weight excluding hydrogens is 335 g/mol. The zero-order valence-electron chi connectivity index (χ0n) is 15.1. The van der Waals surface area contributed by atoms with Gasteiger partial charge in [-0.25, -0.2) is 0 Å². The summed E-state index contributed by atoms with van der Waals surface area (Å²) < 4.78 is 29.9. The zero-order valence-corrected chi connectivity index (χ0v) is 18.1. The van der Waals surface area contributed by atoms with Crippen molar-refractivity contribution in [3.63, 3.8) is 0 Å². The molecule has 3 nitrogen and oxygen atoms in total. The summed E-state index contributed by atoms with van der Waals surface area (Å²) in [4.78, 5) is 0.261. The maximum absolute atomic E-state index is 12.4. The van der Waals surface area contributed by atoms with Crippen LogP contribution in [0, 0.1) is 0 Å². The third-order valence-electron chi connectivity index (χ3n) is 3.76. The molecule has 0 aliphatic heterocycles. The van der Waals surface area contributed by atoms with Gasteiger partial charge in [0.15, 0.2) is 0 Å². The molecule has 0 aromatic heterocycles. The van der Waals surface area contributed by atoms with Gasteiger partial charge in [-0.2, -0.15) is 8.42 Å². The fraction of sp³-hybridized carbons (Fsp3) is 0.444. The van der Waals surface area contributed by atoms with Crippen LogP contribution >= 0.6 is 0 Å². The fourth-order valence-electron chi connectivity index (χ4n) is 2.53. The molecule has 2 aromatic rings. The van der Waals surface area contributed by atoms with E-state index in [0.29, 0.717) is 5.39 Å². The van der Waals surface area contributed by atoms with E-state index >= 15 is 0 Å². The van der Waals surface area contributed by atoms with Crippen LogP contribution in [0.15, 0.2) is 47.4 Å². The molecule has 0 fully saturated rings. The van der Waals surface area contributed by atoms with Crippen molar-refractivity contribution in [2.24, 2.45) is 0 Å². The molecule has 0 saturated carbocycles. The molecular formula is C18H25KO3S. The molecule has 0 heterocycles. The predicted octanol–water partition coefficient (Wildman–Crippen LogP) is 2.02. The van der Waals surface area contributed by atoms with Gasteiger partial charge in [0.05, 0.1) is 6.61 Å². The van der Waals surface area contributed by atoms with Crippen LogP contribution in [0.1, 0.15) is 46.9 Å². The summed E-state index contributed by atoms with van der Waals surface area (Å²) in [5, 5.41) is 1.62. The first-order valence-electron chi connectivity index (χ1n) is 8.02. The molecule has 2 aromatic carbocycles. The van der Waals surface area contributed by atoms with Gasteiger partial charge in [0.2, 0.25) is 0 Å². The van der Waals surface area contributed by atoms with E-state index in [1.165, 1.54) is 19.3 Å². The molecule has 0 unspecified atom stereocenters. The Labute approximate surface area is 183 Å². The Morgan fingerprint density at radius 3 is 2.35 bits per heavy atom. The first kappa shape index (κ1) is 21.3. The van der Waals surface area contributed by atoms with E-state index in [1.54, 1.807) is 12.1 Å². The molecule has 23 heavy (non-hydrogen) atoms. The van der Waals surface area contributed by atoms with Crippen molar-refractivity contribution in [1.29, 1.82) is 0 Å². The first-order chi connectivity index (χ1) is 10.6. The van der Waals surface area contributed by atoms with Crippen LogP contribution in [0.3, 0.4) is 0 Å². The number of rotatable bonds is 9. The van der Waals surface area contributed by atoms with E-state index in [9.17, 15) is 8.42 Å². The average Bonchev–Trinajstić information content (AvgIpc) is 2.53. The van der Waals surface area contributed by atoms with Gasteiger partial charge >= 0.3 is 51.4 Å². The zero-order chi connectivity index (χ0) is 15.8. The largest absolute Gasteiger partial charge is 1.00 e. The Hall–Kier alpha value is 0.246. The van der Waals surface area contributed by atoms with E-state index < -0.39 is 10.1 Å². The number of hydrogen-bond donors (Lipinski definition) is 0. The van der Waals surface area contributed by atoms with Crippen LogP contribution in [0.2, 0.25) is 0 Å². The second-order valence-electron chi connectivity index (χ2n) is 5.52. The molecule has 0 aliphatic rings. The van der Waals surface area contributed by atoms with Crippen LogP contribution in [0.5, 0.6) is 0 Å². The minimum Gasteiger partial charge on any atom is -1.00 e. The third kappa shape index (κ3) is 6.57. The first-order valence-corrected chi connectivity index (χ1v) is 9.43. The molecule has 5 heteroatoms. The van der Waals surface area contributed by atoms with Crippen LogP contribution in [0.25, 0.3) is 10.8 Å². The monoisotopic (exact) mass is 360 g/mol. The number of benzene rings is 2. The second kappa shape index (κ2) is 11.0. The maximum atomic E-state index is 12.4. The normalized spacial score (nSPS) is 11.3. The Balaban J connectivity index is 0.00000264. The van der Waals surface area contributed by atoms with Crippen LogP contribution in [0.4, 0.5) is 0 Å². The quantitative estimate of drug-likeness (QED) is 0.390. The summed E-state index contributed by atoms with van der Waals surface area (Å²) in [5.41, 5.74) is 0. The summed E-state index contributed by atoms with van der Waals surface area (Å²) in [5.74, 6) is 0. The maximum Gasteiger partial charge on any atom is 1.00 e. The molecule has 0 radical (unpaired) electrons. The number of hydrogen-bond acceptors (Lipinski definition) is 3. The molecule has 0 amide bonds. The SMILES string of the molecule is CCCCCCCCOS(=O)(=O)c1cccc2ccccc12.[H-].[K+]. The van der Waals surface area contributed by atoms with Gasteiger partial charge in [-0.3, -0.25) is 4.18 Å². The van der Waals surface area contributed by atoms with E-state index in [2.05, 4.69) is 6.92 Å². The average molecular weight is 361 g/mol. The van der Waals surface area contributed by atoms with Crippen molar-refractivity contribution in [2.75, 3.05) is 6.61 Å². The van der Waals surface area contributed by atoms with Gasteiger partial charge < -0.3 is 1.43 Å². The summed E-state index contributed by atoms with van der Waals surface area (Å²) in [7, 11) is -3.68. The van der Waals surface area contributed by atoms with Crippen LogP contribution in [-0.4, -0.2) is 15.0 Å². The molecule has 0 spiro atoms. The van der Waals surface area contributed by atoms with Crippen molar-refractivity contribution in [3.8, 4) is 0 Å². The standard InChI is InChI=1S/C18H24O3S.K.H/c1-2-3-4-5-6-9-15-21-22(19,20)18-14-10-12-16-11-7-8-13-17(16)18;;/h7-8,10-14H,2-6,9,15H2,1H3;;/q;+1;-1. The van der Waals surface area contributed by atoms with Crippen LogP contribution in [-0.2, 0) is 14.3 Å². The van der Waals surface area contributed by atoms with Crippen molar-refractivity contribution in [1.82, 2.24) is 0 Å². The molecule has 122 valence electrons. The molecule has 2 rings (SSSR count). The topological polar surface area (TPSA) is 43.4 Å². The van der Waals surface area contributed by atoms with Gasteiger partial charge in [0, 0.05) is 5.39 Å². The molecule has 0 saturated heterocycles. The summed E-state index contributed by atoms with van der Waals surface area (Å²) in [6.45, 7) is 2.44. The van der Waals surface area contributed by atoms with E-state index in [-0.39, 0.29) is 64.3 Å². The second-order valence-corrected chi connectivity index (χ2v) is 7.10. The van der Waals surface area contributed by atoms with Gasteiger partial charge in [-0.1, -0.05) is 75.4 Å². The van der Waals surface area contributed by atoms with Crippen molar-refractivity contribution in [2.45, 2.75) is 50.3 Å². The molecule has 0 bridgehead atoms. The van der Waals surface area contributed by atoms with Crippen LogP contribution < -0.4 is 51.4 Å². The van der Waals surface area contributed by atoms with Gasteiger partial charge in [0.25, 0.3) is 10.1 Å². The summed E-state index contributed by atoms with van der Waals surface area (Å²) in [6, 6.07) is 12.7. The molecule has 0 atom stereocenters. The Morgan fingerprint density at radius 2 is 1.57 bits per heavy atom. The smallest absolute Gasteiger partial charge is 1.00 e. The Bertz CT molecular complexity index is 699.